The van der Waals surface area contributed by atoms with Crippen molar-refractivity contribution in [1.29, 1.82) is 0 Å². The Balaban J connectivity index is 2.21. The fourth-order valence-electron chi connectivity index (χ4n) is 2.61. The molecule has 2 rings (SSSR count). The molecule has 1 aliphatic rings. The first-order valence-electron chi connectivity index (χ1n) is 6.76. The SMILES string of the molecule is C[C@@H](CCC(=O)O)CN1c2ccccc2C(=O)[C@H]1C(=O)O. The number of fused-ring (bicyclic) bond motifs is 1. The first kappa shape index (κ1) is 15.0. The number of carboxylic acid groups (broad SMARTS) is 2. The predicted octanol–water partition coefficient (Wildman–Crippen LogP) is 1.64. The average Bonchev–Trinajstić information content (AvgIpc) is 2.70. The summed E-state index contributed by atoms with van der Waals surface area (Å²) in [7, 11) is 0. The molecule has 0 radical (unpaired) electrons. The van der Waals surface area contributed by atoms with Crippen LogP contribution < -0.4 is 4.90 Å². The number of ketones is 1. The van der Waals surface area contributed by atoms with Crippen molar-refractivity contribution in [2.45, 2.75) is 25.8 Å². The van der Waals surface area contributed by atoms with Gasteiger partial charge in [-0.3, -0.25) is 9.59 Å². The molecule has 0 spiro atoms. The molecule has 1 aromatic rings. The highest BCUT2D eigenvalue weighted by molar-refractivity contribution is 6.20. The van der Waals surface area contributed by atoms with E-state index in [-0.39, 0.29) is 12.3 Å². The molecule has 0 unspecified atom stereocenters. The Morgan fingerprint density at radius 1 is 1.29 bits per heavy atom. The van der Waals surface area contributed by atoms with Crippen molar-refractivity contribution in [2.24, 2.45) is 5.92 Å². The fourth-order valence-corrected chi connectivity index (χ4v) is 2.61. The van der Waals surface area contributed by atoms with E-state index in [4.69, 9.17) is 5.11 Å². The average molecular weight is 291 g/mol. The van der Waals surface area contributed by atoms with Crippen molar-refractivity contribution < 1.29 is 24.6 Å². The van der Waals surface area contributed by atoms with Gasteiger partial charge in [0.2, 0.25) is 0 Å². The molecule has 1 heterocycles. The molecular formula is C15H17NO5. The molecule has 6 heteroatoms. The van der Waals surface area contributed by atoms with Crippen LogP contribution in [0.15, 0.2) is 24.3 Å². The maximum atomic E-state index is 12.2. The van der Waals surface area contributed by atoms with E-state index in [0.717, 1.165) is 0 Å². The van der Waals surface area contributed by atoms with Crippen LogP contribution in [0.2, 0.25) is 0 Å². The summed E-state index contributed by atoms with van der Waals surface area (Å²) >= 11 is 0. The number of carboxylic acids is 2. The highest BCUT2D eigenvalue weighted by Crippen LogP contribution is 2.33. The second kappa shape index (κ2) is 5.95. The Morgan fingerprint density at radius 2 is 1.95 bits per heavy atom. The molecule has 112 valence electrons. The number of hydrogen-bond donors (Lipinski definition) is 2. The first-order chi connectivity index (χ1) is 9.91. The van der Waals surface area contributed by atoms with E-state index in [2.05, 4.69) is 0 Å². The van der Waals surface area contributed by atoms with Crippen molar-refractivity contribution in [3.63, 3.8) is 0 Å². The second-order valence-corrected chi connectivity index (χ2v) is 5.31. The molecule has 0 saturated heterocycles. The van der Waals surface area contributed by atoms with Gasteiger partial charge in [-0.2, -0.15) is 0 Å². The molecule has 21 heavy (non-hydrogen) atoms. The Kier molecular flexibility index (Phi) is 4.26. The van der Waals surface area contributed by atoms with Crippen molar-refractivity contribution in [3.8, 4) is 0 Å². The number of para-hydroxylation sites is 1. The van der Waals surface area contributed by atoms with Gasteiger partial charge in [-0.25, -0.2) is 4.79 Å². The third-order valence-corrected chi connectivity index (χ3v) is 3.63. The second-order valence-electron chi connectivity index (χ2n) is 5.31. The van der Waals surface area contributed by atoms with Gasteiger partial charge >= 0.3 is 11.9 Å². The van der Waals surface area contributed by atoms with E-state index in [0.29, 0.717) is 24.2 Å². The maximum Gasteiger partial charge on any atom is 0.334 e. The highest BCUT2D eigenvalue weighted by Gasteiger charge is 2.42. The summed E-state index contributed by atoms with van der Waals surface area (Å²) in [5.41, 5.74) is 1.02. The lowest BCUT2D eigenvalue weighted by molar-refractivity contribution is -0.138. The molecule has 2 N–H and O–H groups in total. The van der Waals surface area contributed by atoms with E-state index >= 15 is 0 Å². The number of hydrogen-bond acceptors (Lipinski definition) is 4. The van der Waals surface area contributed by atoms with Crippen molar-refractivity contribution >= 4 is 23.4 Å². The van der Waals surface area contributed by atoms with Crippen molar-refractivity contribution in [2.75, 3.05) is 11.4 Å². The number of benzene rings is 1. The van der Waals surface area contributed by atoms with Gasteiger partial charge in [0, 0.05) is 24.2 Å². The first-order valence-corrected chi connectivity index (χ1v) is 6.76. The summed E-state index contributed by atoms with van der Waals surface area (Å²) in [5, 5.41) is 18.0. The quantitative estimate of drug-likeness (QED) is 0.774. The molecule has 0 fully saturated rings. The van der Waals surface area contributed by atoms with Gasteiger partial charge in [0.25, 0.3) is 0 Å². The number of anilines is 1. The zero-order chi connectivity index (χ0) is 15.6. The molecule has 2 atom stereocenters. The van der Waals surface area contributed by atoms with Crippen LogP contribution in [-0.2, 0) is 9.59 Å². The summed E-state index contributed by atoms with van der Waals surface area (Å²) in [5.74, 6) is -2.50. The van der Waals surface area contributed by atoms with Gasteiger partial charge in [0.05, 0.1) is 0 Å². The molecule has 0 amide bonds. The van der Waals surface area contributed by atoms with Crippen molar-refractivity contribution in [3.05, 3.63) is 29.8 Å². The topological polar surface area (TPSA) is 94.9 Å². The summed E-state index contributed by atoms with van der Waals surface area (Å²) in [6, 6.07) is 5.59. The Bertz CT molecular complexity index is 583. The minimum Gasteiger partial charge on any atom is -0.481 e. The third kappa shape index (κ3) is 3.04. The van der Waals surface area contributed by atoms with E-state index in [1.807, 2.05) is 6.92 Å². The summed E-state index contributed by atoms with van der Waals surface area (Å²) < 4.78 is 0. The van der Waals surface area contributed by atoms with Gasteiger partial charge in [0.1, 0.15) is 0 Å². The number of carbonyl (C=O) groups excluding carboxylic acids is 1. The Morgan fingerprint density at radius 3 is 2.57 bits per heavy atom. The van der Waals surface area contributed by atoms with E-state index in [1.54, 1.807) is 29.2 Å². The lowest BCUT2D eigenvalue weighted by Gasteiger charge is -2.26. The van der Waals surface area contributed by atoms with Gasteiger partial charge in [-0.1, -0.05) is 19.1 Å². The standard InChI is InChI=1S/C15H17NO5/c1-9(6-7-12(17)18)8-16-11-5-3-2-4-10(11)14(19)13(16)15(20)21/h2-5,9,13H,6-8H2,1H3,(H,17,18)(H,20,21)/t9-,13-/m0/s1. The van der Waals surface area contributed by atoms with Crippen LogP contribution in [0.25, 0.3) is 0 Å². The van der Waals surface area contributed by atoms with Crippen LogP contribution in [0.3, 0.4) is 0 Å². The number of aliphatic carboxylic acids is 2. The van der Waals surface area contributed by atoms with Crippen LogP contribution >= 0.6 is 0 Å². The molecule has 6 nitrogen and oxygen atoms in total. The van der Waals surface area contributed by atoms with Gasteiger partial charge in [0.15, 0.2) is 11.8 Å². The monoisotopic (exact) mass is 291 g/mol. The molecule has 0 aromatic heterocycles. The van der Waals surface area contributed by atoms with Crippen molar-refractivity contribution in [1.82, 2.24) is 0 Å². The lowest BCUT2D eigenvalue weighted by atomic mass is 10.0. The van der Waals surface area contributed by atoms with Gasteiger partial charge < -0.3 is 15.1 Å². The largest absolute Gasteiger partial charge is 0.481 e. The highest BCUT2D eigenvalue weighted by atomic mass is 16.4. The minimum atomic E-state index is -1.21. The van der Waals surface area contributed by atoms with Crippen LogP contribution in [0.1, 0.15) is 30.1 Å². The lowest BCUT2D eigenvalue weighted by Crippen LogP contribution is -2.44. The minimum absolute atomic E-state index is 0.0260. The molecule has 0 aliphatic carbocycles. The van der Waals surface area contributed by atoms with Crippen LogP contribution in [0.4, 0.5) is 5.69 Å². The van der Waals surface area contributed by atoms with E-state index in [9.17, 15) is 19.5 Å². The zero-order valence-electron chi connectivity index (χ0n) is 11.7. The fraction of sp³-hybridized carbons (Fsp3) is 0.400. The number of nitrogens with zero attached hydrogens (tertiary/aromatic N) is 1. The number of carbonyl (C=O) groups is 3. The third-order valence-electron chi connectivity index (χ3n) is 3.63. The molecular weight excluding hydrogens is 274 g/mol. The maximum absolute atomic E-state index is 12.2. The summed E-state index contributed by atoms with van der Waals surface area (Å²) in [6.07, 6.45) is 0.469. The Hall–Kier alpha value is -2.37. The normalized spacial score (nSPS) is 18.4. The number of Topliss-reactive ketones (excluding diaryl/α,β-unsaturated/α-hetero) is 1. The zero-order valence-corrected chi connectivity index (χ0v) is 11.7. The summed E-state index contributed by atoms with van der Waals surface area (Å²) in [4.78, 5) is 35.7. The van der Waals surface area contributed by atoms with E-state index < -0.39 is 23.8 Å². The van der Waals surface area contributed by atoms with E-state index in [1.165, 1.54) is 0 Å². The van der Waals surface area contributed by atoms with Gasteiger partial charge in [-0.15, -0.1) is 0 Å². The predicted molar refractivity (Wildman–Crippen MR) is 75.6 cm³/mol. The Labute approximate surface area is 122 Å². The smallest absolute Gasteiger partial charge is 0.334 e. The molecule has 0 saturated carbocycles. The summed E-state index contributed by atoms with van der Waals surface area (Å²) in [6.45, 7) is 2.19. The van der Waals surface area contributed by atoms with Crippen LogP contribution in [0, 0.1) is 5.92 Å². The molecule has 1 aromatic carbocycles. The number of rotatable bonds is 6. The van der Waals surface area contributed by atoms with Crippen LogP contribution in [0.5, 0.6) is 0 Å². The molecule has 0 bridgehead atoms. The van der Waals surface area contributed by atoms with Gasteiger partial charge in [-0.05, 0) is 24.5 Å². The molecule has 1 aliphatic heterocycles. The van der Waals surface area contributed by atoms with Crippen LogP contribution in [-0.4, -0.2) is 40.5 Å².